The summed E-state index contributed by atoms with van der Waals surface area (Å²) in [6, 6.07) is 0. The van der Waals surface area contributed by atoms with Crippen molar-refractivity contribution < 1.29 is 20.2 Å². The van der Waals surface area contributed by atoms with E-state index in [2.05, 4.69) is 39.6 Å². The molecular formula is C4H11I2N. The van der Waals surface area contributed by atoms with Gasteiger partial charge in [-0.05, 0) is 0 Å². The van der Waals surface area contributed by atoms with E-state index in [4.69, 9.17) is 0 Å². The number of nitrogens with zero attached hydrogens (tertiary/aromatic N) is 1. The van der Waals surface area contributed by atoms with Crippen molar-refractivity contribution >= 4 is 18.6 Å². The Kier molecular flexibility index (Phi) is 4.15. The zero-order valence-corrected chi connectivity index (χ0v) is 9.23. The molecule has 0 aromatic rings. The summed E-state index contributed by atoms with van der Waals surface area (Å²) in [5, 5.41) is 0. The second-order valence-corrected chi connectivity index (χ2v) is 7.34. The predicted molar refractivity (Wildman–Crippen MR) is 36.7 cm³/mol. The normalized spacial score (nSPS) is 12.6. The zero-order chi connectivity index (χ0) is 5.91. The number of halogens is 2. The van der Waals surface area contributed by atoms with E-state index in [0.717, 1.165) is 0 Å². The molecule has 7 heavy (non-hydrogen) atoms. The predicted octanol–water partition coefficient (Wildman–Crippen LogP) is -1.56. The van der Waals surface area contributed by atoms with Crippen LogP contribution < -0.4 is 17.5 Å². The van der Waals surface area contributed by atoms with Gasteiger partial charge < -0.3 is 0 Å². The van der Waals surface area contributed by atoms with Crippen molar-refractivity contribution in [1.82, 2.24) is 0 Å². The maximum absolute atomic E-state index is 2.51. The molecule has 0 aliphatic rings. The van der Waals surface area contributed by atoms with Crippen LogP contribution in [0.4, 0.5) is 0 Å². The van der Waals surface area contributed by atoms with Gasteiger partial charge in [-0.3, -0.25) is 0 Å². The van der Waals surface area contributed by atoms with Crippen LogP contribution in [-0.4, -0.2) is 23.3 Å². The maximum atomic E-state index is 2.51. The van der Waals surface area contributed by atoms with Gasteiger partial charge >= 0.3 is 66.4 Å². The number of hydrogen-bond donors (Lipinski definition) is 0. The summed E-state index contributed by atoms with van der Waals surface area (Å²) in [5.41, 5.74) is 0. The Labute approximate surface area is 65.8 Å². The van der Waals surface area contributed by atoms with Gasteiger partial charge in [-0.25, -0.2) is 0 Å². The molecule has 0 saturated heterocycles. The van der Waals surface area contributed by atoms with Gasteiger partial charge in [0.25, 0.3) is 0 Å². The van der Waals surface area contributed by atoms with Gasteiger partial charge in [0, 0.05) is 0 Å². The summed E-state index contributed by atoms with van der Waals surface area (Å²) in [6.45, 7) is 3.51. The molecule has 0 atom stereocenters. The minimum atomic E-state index is 0.368. The molecule has 0 saturated carbocycles. The van der Waals surface area contributed by atoms with Crippen LogP contribution in [-0.2, 0) is 0 Å². The van der Waals surface area contributed by atoms with Crippen LogP contribution in [0.25, 0.3) is 0 Å². The van der Waals surface area contributed by atoms with Gasteiger partial charge in [-0.1, -0.05) is 0 Å². The van der Waals surface area contributed by atoms with Crippen LogP contribution in [0, 0.1) is 0 Å². The molecule has 0 bridgehead atoms. The Balaban J connectivity index is 3.36. The molecule has 0 rings (SSSR count). The first-order valence-electron chi connectivity index (χ1n) is 2.23. The molecule has 3 heteroatoms. The van der Waals surface area contributed by atoms with Crippen molar-refractivity contribution in [2.75, 3.05) is 20.6 Å². The summed E-state index contributed by atoms with van der Waals surface area (Å²) in [6.07, 6.45) is 0. The molecule has 0 aromatic heterocycles. The Morgan fingerprint density at radius 3 is 2.00 bits per heavy atom. The molecule has 0 N–H and O–H groups in total. The molecule has 0 aliphatic carbocycles. The second-order valence-electron chi connectivity index (χ2n) is 1.92. The third-order valence-corrected chi connectivity index (χ3v) is 9.22. The first-order chi connectivity index (χ1) is 3.12. The summed E-state index contributed by atoms with van der Waals surface area (Å²) >= 11 is 2.88. The Hall–Kier alpha value is 1.42. The van der Waals surface area contributed by atoms with Crippen molar-refractivity contribution in [3.63, 3.8) is 0 Å². The van der Waals surface area contributed by atoms with Gasteiger partial charge in [0.15, 0.2) is 0 Å². The third kappa shape index (κ3) is 3.96. The summed E-state index contributed by atoms with van der Waals surface area (Å²) < 4.78 is 1.24. The second kappa shape index (κ2) is 3.45. The molecule has 0 aliphatic heterocycles. The van der Waals surface area contributed by atoms with E-state index in [1.807, 2.05) is 0 Å². The molecule has 0 fully saturated rings. The molecule has 0 aromatic carbocycles. The SMILES string of the molecule is CC[N+](C)(C)[I-]I. The van der Waals surface area contributed by atoms with E-state index < -0.39 is 0 Å². The van der Waals surface area contributed by atoms with Gasteiger partial charge in [0.1, 0.15) is 0 Å². The summed E-state index contributed by atoms with van der Waals surface area (Å²) in [4.78, 5) is 0. The fraction of sp³-hybridized carbons (Fsp3) is 1.00. The van der Waals surface area contributed by atoms with E-state index in [9.17, 15) is 0 Å². The van der Waals surface area contributed by atoms with Crippen LogP contribution in [0.5, 0.6) is 0 Å². The quantitative estimate of drug-likeness (QED) is 0.425. The number of hydrogen-bond acceptors (Lipinski definition) is 0. The van der Waals surface area contributed by atoms with Crippen molar-refractivity contribution in [2.45, 2.75) is 6.92 Å². The summed E-state index contributed by atoms with van der Waals surface area (Å²) in [7, 11) is 4.56. The fourth-order valence-electron chi connectivity index (χ4n) is 0.0452. The Morgan fingerprint density at radius 2 is 2.00 bits per heavy atom. The van der Waals surface area contributed by atoms with Crippen LogP contribution in [0.3, 0.4) is 0 Å². The van der Waals surface area contributed by atoms with Gasteiger partial charge in [-0.15, -0.1) is 0 Å². The molecule has 0 amide bonds. The van der Waals surface area contributed by atoms with E-state index >= 15 is 0 Å². The van der Waals surface area contributed by atoms with Gasteiger partial charge in [0.05, 0.1) is 0 Å². The summed E-state index contributed by atoms with van der Waals surface area (Å²) in [5.74, 6) is 0. The van der Waals surface area contributed by atoms with Gasteiger partial charge in [0.2, 0.25) is 0 Å². The van der Waals surface area contributed by atoms with E-state index in [0.29, 0.717) is 17.5 Å². The average Bonchev–Trinajstić information content (AvgIpc) is 1.68. The minimum absolute atomic E-state index is 0.368. The Morgan fingerprint density at radius 1 is 1.57 bits per heavy atom. The van der Waals surface area contributed by atoms with E-state index in [-0.39, 0.29) is 0 Å². The van der Waals surface area contributed by atoms with Crippen molar-refractivity contribution in [2.24, 2.45) is 0 Å². The third-order valence-electron chi connectivity index (χ3n) is 0.925. The fourth-order valence-corrected chi connectivity index (χ4v) is 2.03. The van der Waals surface area contributed by atoms with Crippen LogP contribution >= 0.6 is 18.6 Å². The Bertz CT molecular complexity index is 47.7. The molecule has 0 spiro atoms. The van der Waals surface area contributed by atoms with Crippen molar-refractivity contribution in [3.05, 3.63) is 0 Å². The molecular weight excluding hydrogens is 316 g/mol. The van der Waals surface area contributed by atoms with Crippen LogP contribution in [0.2, 0.25) is 0 Å². The number of quaternary nitrogens is 1. The molecule has 1 nitrogen and oxygen atoms in total. The van der Waals surface area contributed by atoms with E-state index in [1.54, 1.807) is 0 Å². The van der Waals surface area contributed by atoms with Crippen molar-refractivity contribution in [3.8, 4) is 0 Å². The zero-order valence-electron chi connectivity index (χ0n) is 4.91. The monoisotopic (exact) mass is 327 g/mol. The molecule has 0 unspecified atom stereocenters. The molecule has 46 valence electrons. The molecule has 0 heterocycles. The van der Waals surface area contributed by atoms with Crippen molar-refractivity contribution in [1.29, 1.82) is 0 Å². The van der Waals surface area contributed by atoms with E-state index in [1.165, 1.54) is 9.24 Å². The first-order valence-corrected chi connectivity index (χ1v) is 9.48. The number of rotatable bonds is 2. The standard InChI is InChI=1S/C4H11I2N/c1-4-7(2,3)6-5/h4H2,1-3H3. The molecule has 0 radical (unpaired) electrons. The first kappa shape index (κ1) is 8.42. The average molecular weight is 327 g/mol. The topological polar surface area (TPSA) is 0 Å². The van der Waals surface area contributed by atoms with Gasteiger partial charge in [-0.2, -0.15) is 0 Å². The van der Waals surface area contributed by atoms with Crippen LogP contribution in [0.15, 0.2) is 0 Å². The van der Waals surface area contributed by atoms with Crippen LogP contribution in [0.1, 0.15) is 6.92 Å².